The molecule has 0 bridgehead atoms. The minimum absolute atomic E-state index is 0.353. The lowest BCUT2D eigenvalue weighted by Gasteiger charge is -2.16. The zero-order valence-corrected chi connectivity index (χ0v) is 10.6. The maximum absolute atomic E-state index is 11.1. The quantitative estimate of drug-likeness (QED) is 0.780. The third kappa shape index (κ3) is 4.72. The van der Waals surface area contributed by atoms with Crippen molar-refractivity contribution < 1.29 is 15.0 Å². The summed E-state index contributed by atoms with van der Waals surface area (Å²) in [6, 6.07) is 9.70. The molecule has 98 valence electrons. The molecular weight excluding hydrogens is 228 g/mol. The lowest BCUT2D eigenvalue weighted by molar-refractivity contribution is -0.145. The predicted molar refractivity (Wildman–Crippen MR) is 72.1 cm³/mol. The number of carbonyl (C=O) groups is 1. The highest BCUT2D eigenvalue weighted by Crippen LogP contribution is 2.16. The molecule has 1 aromatic rings. The van der Waals surface area contributed by atoms with Crippen LogP contribution in [0.25, 0.3) is 6.08 Å². The molecule has 3 heteroatoms. The summed E-state index contributed by atoms with van der Waals surface area (Å²) < 4.78 is 0. The predicted octanol–water partition coefficient (Wildman–Crippen LogP) is 2.95. The molecule has 0 aromatic heterocycles. The van der Waals surface area contributed by atoms with E-state index in [-0.39, 0.29) is 0 Å². The summed E-state index contributed by atoms with van der Waals surface area (Å²) in [4.78, 5) is 11.1. The van der Waals surface area contributed by atoms with Gasteiger partial charge in [0.1, 0.15) is 0 Å². The number of carboxylic acid groups (broad SMARTS) is 1. The number of rotatable bonds is 7. The van der Waals surface area contributed by atoms with Gasteiger partial charge >= 0.3 is 5.97 Å². The molecule has 0 aliphatic rings. The van der Waals surface area contributed by atoms with Crippen LogP contribution in [-0.2, 0) is 4.79 Å². The Hall–Kier alpha value is -1.61. The monoisotopic (exact) mass is 248 g/mol. The number of carboxylic acids is 1. The van der Waals surface area contributed by atoms with E-state index in [1.54, 1.807) is 0 Å². The first kappa shape index (κ1) is 14.5. The topological polar surface area (TPSA) is 57.5 Å². The molecule has 0 saturated carbocycles. The van der Waals surface area contributed by atoms with Crippen LogP contribution >= 0.6 is 0 Å². The van der Waals surface area contributed by atoms with Crippen molar-refractivity contribution in [3.8, 4) is 0 Å². The summed E-state index contributed by atoms with van der Waals surface area (Å²) in [5.74, 6) is -1.65. The Balaban J connectivity index is 2.57. The van der Waals surface area contributed by atoms with Crippen molar-refractivity contribution in [3.05, 3.63) is 42.0 Å². The molecular formula is C15H20O3. The third-order valence-corrected chi connectivity index (χ3v) is 2.87. The highest BCUT2D eigenvalue weighted by atomic mass is 16.4. The van der Waals surface area contributed by atoms with Gasteiger partial charge in [0, 0.05) is 0 Å². The molecule has 3 nitrogen and oxygen atoms in total. The van der Waals surface area contributed by atoms with Crippen LogP contribution in [0.15, 0.2) is 36.4 Å². The second-order valence-electron chi connectivity index (χ2n) is 4.35. The molecule has 0 saturated heterocycles. The molecule has 0 amide bonds. The lowest BCUT2D eigenvalue weighted by Crippen LogP contribution is -2.27. The summed E-state index contributed by atoms with van der Waals surface area (Å²) in [5.41, 5.74) is 1.03. The van der Waals surface area contributed by atoms with Gasteiger partial charge in [-0.3, -0.25) is 4.79 Å². The van der Waals surface area contributed by atoms with E-state index in [1.807, 2.05) is 49.4 Å². The van der Waals surface area contributed by atoms with Gasteiger partial charge in [0.05, 0.1) is 12.0 Å². The fourth-order valence-corrected chi connectivity index (χ4v) is 1.83. The fraction of sp³-hybridized carbons (Fsp3) is 0.400. The summed E-state index contributed by atoms with van der Waals surface area (Å²) in [6.45, 7) is 1.93. The van der Waals surface area contributed by atoms with Gasteiger partial charge < -0.3 is 10.2 Å². The summed E-state index contributed by atoms with van der Waals surface area (Å²) in [6.07, 6.45) is 4.59. The van der Waals surface area contributed by atoms with Crippen LogP contribution in [0.5, 0.6) is 0 Å². The molecule has 0 heterocycles. The molecule has 2 atom stereocenters. The Morgan fingerprint density at radius 3 is 2.56 bits per heavy atom. The van der Waals surface area contributed by atoms with Gasteiger partial charge in [0.15, 0.2) is 0 Å². The Morgan fingerprint density at radius 1 is 1.33 bits per heavy atom. The van der Waals surface area contributed by atoms with Crippen LogP contribution in [0.1, 0.15) is 31.7 Å². The van der Waals surface area contributed by atoms with E-state index < -0.39 is 18.0 Å². The minimum Gasteiger partial charge on any atom is -0.481 e. The van der Waals surface area contributed by atoms with Gasteiger partial charge in [-0.2, -0.15) is 0 Å². The first-order chi connectivity index (χ1) is 8.65. The smallest absolute Gasteiger partial charge is 0.309 e. The number of hydrogen-bond acceptors (Lipinski definition) is 2. The van der Waals surface area contributed by atoms with E-state index in [4.69, 9.17) is 5.11 Å². The molecule has 0 aliphatic carbocycles. The Bertz CT molecular complexity index is 384. The molecule has 1 aromatic carbocycles. The van der Waals surface area contributed by atoms with Crippen LogP contribution in [-0.4, -0.2) is 22.3 Å². The van der Waals surface area contributed by atoms with Crippen LogP contribution in [0.2, 0.25) is 0 Å². The van der Waals surface area contributed by atoms with Crippen molar-refractivity contribution in [2.24, 2.45) is 5.92 Å². The minimum atomic E-state index is -0.936. The van der Waals surface area contributed by atoms with E-state index in [0.29, 0.717) is 12.8 Å². The molecule has 0 radical (unpaired) electrons. The third-order valence-electron chi connectivity index (χ3n) is 2.87. The van der Waals surface area contributed by atoms with Gasteiger partial charge in [-0.15, -0.1) is 0 Å². The van der Waals surface area contributed by atoms with Gasteiger partial charge in [-0.05, 0) is 18.4 Å². The van der Waals surface area contributed by atoms with E-state index in [0.717, 1.165) is 12.0 Å². The number of aliphatic hydroxyl groups is 1. The Kier molecular flexibility index (Phi) is 6.15. The highest BCUT2D eigenvalue weighted by molar-refractivity contribution is 5.71. The number of hydrogen-bond donors (Lipinski definition) is 2. The van der Waals surface area contributed by atoms with Crippen LogP contribution in [0, 0.1) is 5.92 Å². The van der Waals surface area contributed by atoms with Crippen LogP contribution in [0.4, 0.5) is 0 Å². The fourth-order valence-electron chi connectivity index (χ4n) is 1.83. The van der Waals surface area contributed by atoms with Crippen molar-refractivity contribution >= 4 is 12.0 Å². The largest absolute Gasteiger partial charge is 0.481 e. The molecule has 0 spiro atoms. The standard InChI is InChI=1S/C15H20O3/c1-2-7-14(16)13(15(17)18)11-6-10-12-8-4-3-5-9-12/h3-6,8-10,13-14,16H,2,7,11H2,1H3,(H,17,18)/t13-,14-/m1/s1. The zero-order chi connectivity index (χ0) is 13.4. The maximum Gasteiger partial charge on any atom is 0.309 e. The van der Waals surface area contributed by atoms with Gasteiger partial charge in [-0.25, -0.2) is 0 Å². The van der Waals surface area contributed by atoms with Crippen molar-refractivity contribution in [2.45, 2.75) is 32.3 Å². The van der Waals surface area contributed by atoms with E-state index in [1.165, 1.54) is 0 Å². The zero-order valence-electron chi connectivity index (χ0n) is 10.6. The SMILES string of the molecule is CCC[C@@H](O)[C@@H](CC=Cc1ccccc1)C(=O)O. The van der Waals surface area contributed by atoms with Crippen molar-refractivity contribution in [1.29, 1.82) is 0 Å². The normalized spacial score (nSPS) is 14.6. The molecule has 0 unspecified atom stereocenters. The van der Waals surface area contributed by atoms with Crippen molar-refractivity contribution in [1.82, 2.24) is 0 Å². The summed E-state index contributed by atoms with van der Waals surface area (Å²) >= 11 is 0. The Morgan fingerprint density at radius 2 is 2.00 bits per heavy atom. The molecule has 0 aliphatic heterocycles. The van der Waals surface area contributed by atoms with Crippen LogP contribution in [0.3, 0.4) is 0 Å². The lowest BCUT2D eigenvalue weighted by atomic mass is 9.95. The maximum atomic E-state index is 11.1. The van der Waals surface area contributed by atoms with Crippen LogP contribution < -0.4 is 0 Å². The van der Waals surface area contributed by atoms with Gasteiger partial charge in [0.2, 0.25) is 0 Å². The first-order valence-corrected chi connectivity index (χ1v) is 6.27. The van der Waals surface area contributed by atoms with E-state index >= 15 is 0 Å². The van der Waals surface area contributed by atoms with Crippen molar-refractivity contribution in [2.75, 3.05) is 0 Å². The average molecular weight is 248 g/mol. The molecule has 1 rings (SSSR count). The first-order valence-electron chi connectivity index (χ1n) is 6.27. The summed E-state index contributed by atoms with van der Waals surface area (Å²) in [7, 11) is 0. The average Bonchev–Trinajstić information content (AvgIpc) is 2.35. The number of allylic oxidation sites excluding steroid dienone is 1. The van der Waals surface area contributed by atoms with Crippen molar-refractivity contribution in [3.63, 3.8) is 0 Å². The molecule has 0 fully saturated rings. The second kappa shape index (κ2) is 7.67. The van der Waals surface area contributed by atoms with E-state index in [2.05, 4.69) is 0 Å². The second-order valence-corrected chi connectivity index (χ2v) is 4.35. The number of aliphatic carboxylic acids is 1. The molecule has 2 N–H and O–H groups in total. The van der Waals surface area contributed by atoms with E-state index in [9.17, 15) is 9.90 Å². The Labute approximate surface area is 108 Å². The molecule has 18 heavy (non-hydrogen) atoms. The van der Waals surface area contributed by atoms with Gasteiger partial charge in [-0.1, -0.05) is 55.8 Å². The van der Waals surface area contributed by atoms with Gasteiger partial charge in [0.25, 0.3) is 0 Å². The highest BCUT2D eigenvalue weighted by Gasteiger charge is 2.24. The summed E-state index contributed by atoms with van der Waals surface area (Å²) in [5, 5.41) is 18.8. The number of benzene rings is 1. The number of aliphatic hydroxyl groups excluding tert-OH is 1.